The van der Waals surface area contributed by atoms with E-state index in [4.69, 9.17) is 23.9 Å². The SMILES string of the molecule is COc1ccc(CCNC(=O)CCCn2c(SCc3cccc([N+](=O)[O-])c3)nc3cc4c(cc3c2=O)OCO4)cc1OC. The number of ether oxygens (including phenoxy) is 4. The van der Waals surface area contributed by atoms with Gasteiger partial charge in [-0.3, -0.25) is 24.3 Å². The maximum Gasteiger partial charge on any atom is 0.269 e. The van der Waals surface area contributed by atoms with Gasteiger partial charge in [-0.25, -0.2) is 4.98 Å². The van der Waals surface area contributed by atoms with E-state index in [2.05, 4.69) is 5.32 Å². The van der Waals surface area contributed by atoms with Crippen molar-refractivity contribution in [1.82, 2.24) is 14.9 Å². The first-order valence-corrected chi connectivity index (χ1v) is 14.5. The Morgan fingerprint density at radius 1 is 1.07 bits per heavy atom. The molecule has 1 amide bonds. The molecule has 224 valence electrons. The van der Waals surface area contributed by atoms with E-state index in [1.54, 1.807) is 43.1 Å². The largest absolute Gasteiger partial charge is 0.493 e. The zero-order chi connectivity index (χ0) is 30.3. The Morgan fingerprint density at radius 3 is 2.63 bits per heavy atom. The molecule has 4 aromatic rings. The summed E-state index contributed by atoms with van der Waals surface area (Å²) >= 11 is 1.30. The number of amides is 1. The lowest BCUT2D eigenvalue weighted by Crippen LogP contribution is -2.27. The highest BCUT2D eigenvalue weighted by Crippen LogP contribution is 2.35. The van der Waals surface area contributed by atoms with Crippen molar-refractivity contribution in [1.29, 1.82) is 0 Å². The van der Waals surface area contributed by atoms with Crippen LogP contribution in [0.1, 0.15) is 24.0 Å². The van der Waals surface area contributed by atoms with Gasteiger partial charge in [0.25, 0.3) is 11.2 Å². The number of hydrogen-bond acceptors (Lipinski definition) is 10. The van der Waals surface area contributed by atoms with Gasteiger partial charge in [0.05, 0.1) is 30.0 Å². The predicted molar refractivity (Wildman–Crippen MR) is 160 cm³/mol. The van der Waals surface area contributed by atoms with Crippen LogP contribution in [0.5, 0.6) is 23.0 Å². The van der Waals surface area contributed by atoms with E-state index in [-0.39, 0.29) is 36.9 Å². The molecule has 0 radical (unpaired) electrons. The van der Waals surface area contributed by atoms with E-state index in [1.807, 2.05) is 18.2 Å². The minimum atomic E-state index is -0.445. The van der Waals surface area contributed by atoms with Gasteiger partial charge in [0.1, 0.15) is 0 Å². The van der Waals surface area contributed by atoms with Crippen LogP contribution in [0.3, 0.4) is 0 Å². The van der Waals surface area contributed by atoms with Crippen molar-refractivity contribution in [2.45, 2.75) is 36.7 Å². The quantitative estimate of drug-likeness (QED) is 0.100. The summed E-state index contributed by atoms with van der Waals surface area (Å²) in [5.41, 5.74) is 1.91. The first-order chi connectivity index (χ1) is 20.9. The molecule has 43 heavy (non-hydrogen) atoms. The van der Waals surface area contributed by atoms with Crippen LogP contribution in [0.15, 0.2) is 64.5 Å². The van der Waals surface area contributed by atoms with Crippen molar-refractivity contribution >= 4 is 34.3 Å². The molecule has 0 aliphatic carbocycles. The molecule has 0 fully saturated rings. The molecule has 0 bridgehead atoms. The number of nitro groups is 1. The maximum atomic E-state index is 13.6. The number of rotatable bonds is 13. The Kier molecular flexibility index (Phi) is 9.30. The number of carbonyl (C=O) groups is 1. The Balaban J connectivity index is 1.26. The van der Waals surface area contributed by atoms with Crippen molar-refractivity contribution in [2.24, 2.45) is 0 Å². The van der Waals surface area contributed by atoms with Crippen LogP contribution in [0.2, 0.25) is 0 Å². The monoisotopic (exact) mass is 606 g/mol. The van der Waals surface area contributed by atoms with Crippen molar-refractivity contribution in [3.8, 4) is 23.0 Å². The third-order valence-electron chi connectivity index (χ3n) is 6.87. The van der Waals surface area contributed by atoms with E-state index in [0.717, 1.165) is 11.1 Å². The zero-order valence-corrected chi connectivity index (χ0v) is 24.5. The van der Waals surface area contributed by atoms with E-state index in [9.17, 15) is 19.7 Å². The summed E-state index contributed by atoms with van der Waals surface area (Å²) in [5.74, 6) is 2.49. The highest BCUT2D eigenvalue weighted by atomic mass is 32.2. The average Bonchev–Trinajstić information content (AvgIpc) is 3.48. The minimum absolute atomic E-state index is 0.00758. The van der Waals surface area contributed by atoms with Gasteiger partial charge in [-0.05, 0) is 42.2 Å². The van der Waals surface area contributed by atoms with Crippen LogP contribution in [-0.4, -0.2) is 47.9 Å². The van der Waals surface area contributed by atoms with Crippen LogP contribution in [0.25, 0.3) is 10.9 Å². The molecule has 0 unspecified atom stereocenters. The Hall–Kier alpha value is -4.78. The third-order valence-corrected chi connectivity index (χ3v) is 7.92. The summed E-state index contributed by atoms with van der Waals surface area (Å²) in [6.45, 7) is 0.773. The van der Waals surface area contributed by atoms with E-state index in [1.165, 1.54) is 23.9 Å². The van der Waals surface area contributed by atoms with Gasteiger partial charge in [0.2, 0.25) is 12.7 Å². The summed E-state index contributed by atoms with van der Waals surface area (Å²) in [6.07, 6.45) is 1.24. The Labute approximate surface area is 251 Å². The van der Waals surface area contributed by atoms with Crippen LogP contribution < -0.4 is 29.8 Å². The number of nitrogens with one attached hydrogen (secondary N) is 1. The Morgan fingerprint density at radius 2 is 1.86 bits per heavy atom. The molecule has 5 rings (SSSR count). The van der Waals surface area contributed by atoms with Crippen molar-refractivity contribution in [3.63, 3.8) is 0 Å². The molecule has 0 spiro atoms. The number of nitro benzene ring substituents is 1. The summed E-state index contributed by atoms with van der Waals surface area (Å²) < 4.78 is 23.1. The normalized spacial score (nSPS) is 11.9. The molecule has 0 atom stereocenters. The van der Waals surface area contributed by atoms with Gasteiger partial charge in [0.15, 0.2) is 28.2 Å². The summed E-state index contributed by atoms with van der Waals surface area (Å²) in [4.78, 5) is 41.7. The lowest BCUT2D eigenvalue weighted by molar-refractivity contribution is -0.384. The molecule has 1 N–H and O–H groups in total. The lowest BCUT2D eigenvalue weighted by Gasteiger charge is -2.14. The fraction of sp³-hybridized carbons (Fsp3) is 0.300. The standard InChI is InChI=1S/C30H30N4O8S/c1-39-24-9-8-19(14-25(24)40-2)10-11-31-28(35)7-4-12-33-29(36)22-15-26-27(42-18-41-26)16-23(22)32-30(33)43-17-20-5-3-6-21(13-20)34(37)38/h3,5-6,8-9,13-16H,4,7,10-12,17-18H2,1-2H3,(H,31,35). The fourth-order valence-corrected chi connectivity index (χ4v) is 5.64. The lowest BCUT2D eigenvalue weighted by atomic mass is 10.1. The molecule has 1 aliphatic rings. The van der Waals surface area contributed by atoms with Crippen LogP contribution in [0, 0.1) is 10.1 Å². The number of methoxy groups -OCH3 is 2. The summed E-state index contributed by atoms with van der Waals surface area (Å²) in [5, 5.41) is 14.9. The molecule has 0 saturated heterocycles. The van der Waals surface area contributed by atoms with Gasteiger partial charge >= 0.3 is 0 Å². The summed E-state index contributed by atoms with van der Waals surface area (Å²) in [7, 11) is 3.15. The molecular formula is C30H30N4O8S. The van der Waals surface area contributed by atoms with E-state index < -0.39 is 4.92 Å². The zero-order valence-electron chi connectivity index (χ0n) is 23.7. The average molecular weight is 607 g/mol. The molecular weight excluding hydrogens is 576 g/mol. The van der Waals surface area contributed by atoms with Gasteiger partial charge in [-0.2, -0.15) is 0 Å². The van der Waals surface area contributed by atoms with E-state index >= 15 is 0 Å². The fourth-order valence-electron chi connectivity index (χ4n) is 4.67. The van der Waals surface area contributed by atoms with Crippen molar-refractivity contribution in [2.75, 3.05) is 27.6 Å². The topological polar surface area (TPSA) is 144 Å². The molecule has 2 heterocycles. The Bertz CT molecular complexity index is 1720. The molecule has 3 aromatic carbocycles. The molecule has 13 heteroatoms. The minimum Gasteiger partial charge on any atom is -0.493 e. The first-order valence-electron chi connectivity index (χ1n) is 13.5. The number of benzene rings is 3. The van der Waals surface area contributed by atoms with Crippen molar-refractivity contribution in [3.05, 3.63) is 86.2 Å². The summed E-state index contributed by atoms with van der Waals surface area (Å²) in [6, 6.07) is 15.3. The molecule has 12 nitrogen and oxygen atoms in total. The second kappa shape index (κ2) is 13.5. The number of fused-ring (bicyclic) bond motifs is 2. The number of hydrogen-bond donors (Lipinski definition) is 1. The third kappa shape index (κ3) is 7.00. The number of carbonyl (C=O) groups excluding carboxylic acids is 1. The number of aromatic nitrogens is 2. The predicted octanol–water partition coefficient (Wildman–Crippen LogP) is 4.48. The smallest absolute Gasteiger partial charge is 0.269 e. The first kappa shape index (κ1) is 29.7. The second-order valence-electron chi connectivity index (χ2n) is 9.68. The molecule has 1 aromatic heterocycles. The maximum absolute atomic E-state index is 13.6. The second-order valence-corrected chi connectivity index (χ2v) is 10.6. The number of non-ortho nitro benzene ring substituents is 1. The van der Waals surface area contributed by atoms with Crippen LogP contribution in [0.4, 0.5) is 5.69 Å². The van der Waals surface area contributed by atoms with Crippen LogP contribution in [-0.2, 0) is 23.5 Å². The van der Waals surface area contributed by atoms with Crippen LogP contribution >= 0.6 is 11.8 Å². The number of nitrogens with zero attached hydrogens (tertiary/aromatic N) is 3. The molecule has 1 aliphatic heterocycles. The van der Waals surface area contributed by atoms with Gasteiger partial charge in [0, 0.05) is 43.5 Å². The van der Waals surface area contributed by atoms with E-state index in [0.29, 0.717) is 64.2 Å². The highest BCUT2D eigenvalue weighted by Gasteiger charge is 2.20. The molecule has 0 saturated carbocycles. The van der Waals surface area contributed by atoms with Gasteiger partial charge < -0.3 is 24.3 Å². The van der Waals surface area contributed by atoms with Gasteiger partial charge in [-0.1, -0.05) is 30.0 Å². The number of thioether (sulfide) groups is 1. The van der Waals surface area contributed by atoms with Crippen molar-refractivity contribution < 1.29 is 28.7 Å². The van der Waals surface area contributed by atoms with Gasteiger partial charge in [-0.15, -0.1) is 0 Å². The highest BCUT2D eigenvalue weighted by molar-refractivity contribution is 7.98.